The molecule has 1 aromatic rings. The van der Waals surface area contributed by atoms with Crippen molar-refractivity contribution < 1.29 is 14.2 Å². The van der Waals surface area contributed by atoms with Crippen LogP contribution in [0.3, 0.4) is 0 Å². The monoisotopic (exact) mass is 437 g/mol. The van der Waals surface area contributed by atoms with Gasteiger partial charge in [-0.2, -0.15) is 0 Å². The Hall–Kier alpha value is -1.38. The van der Waals surface area contributed by atoms with E-state index in [0.29, 0.717) is 35.7 Å². The summed E-state index contributed by atoms with van der Waals surface area (Å²) in [7, 11) is 4.80. The lowest BCUT2D eigenvalue weighted by Crippen LogP contribution is -2.32. The summed E-state index contributed by atoms with van der Waals surface area (Å²) < 4.78 is 15.9. The highest BCUT2D eigenvalue weighted by atomic mass is 127. The number of guanidine groups is 1. The van der Waals surface area contributed by atoms with Crippen LogP contribution in [0.1, 0.15) is 25.8 Å². The Bertz CT molecular complexity index is 508. The van der Waals surface area contributed by atoms with Gasteiger partial charge in [0.15, 0.2) is 17.5 Å². The Morgan fingerprint density at radius 1 is 1.09 bits per heavy atom. The minimum absolute atomic E-state index is 0. The van der Waals surface area contributed by atoms with E-state index < -0.39 is 0 Å². The quantitative estimate of drug-likeness (QED) is 0.372. The summed E-state index contributed by atoms with van der Waals surface area (Å²) in [6.07, 6.45) is 1.05. The SMILES string of the molecule is COc1cc(OC)c(OC)cc1CN=C(N)NCCC(C)C.I. The molecule has 0 aliphatic carbocycles. The summed E-state index contributed by atoms with van der Waals surface area (Å²) >= 11 is 0. The van der Waals surface area contributed by atoms with Crippen LogP contribution in [-0.4, -0.2) is 33.8 Å². The molecule has 0 amide bonds. The van der Waals surface area contributed by atoms with Crippen LogP contribution in [0.5, 0.6) is 17.2 Å². The van der Waals surface area contributed by atoms with Gasteiger partial charge < -0.3 is 25.3 Å². The molecule has 1 aromatic carbocycles. The number of hydrogen-bond donors (Lipinski definition) is 2. The molecule has 0 heterocycles. The molecule has 0 bridgehead atoms. The molecule has 6 nitrogen and oxygen atoms in total. The number of halogens is 1. The van der Waals surface area contributed by atoms with E-state index in [1.165, 1.54) is 0 Å². The Morgan fingerprint density at radius 2 is 1.65 bits per heavy atom. The van der Waals surface area contributed by atoms with Crippen LogP contribution >= 0.6 is 24.0 Å². The molecule has 132 valence electrons. The third kappa shape index (κ3) is 7.15. The van der Waals surface area contributed by atoms with Crippen molar-refractivity contribution in [3.63, 3.8) is 0 Å². The molecule has 1 rings (SSSR count). The van der Waals surface area contributed by atoms with Gasteiger partial charge in [-0.3, -0.25) is 0 Å². The molecule has 7 heteroatoms. The van der Waals surface area contributed by atoms with Gasteiger partial charge in [0.2, 0.25) is 0 Å². The third-order valence-electron chi connectivity index (χ3n) is 3.23. The molecule has 0 saturated carbocycles. The largest absolute Gasteiger partial charge is 0.496 e. The van der Waals surface area contributed by atoms with Gasteiger partial charge in [-0.15, -0.1) is 24.0 Å². The van der Waals surface area contributed by atoms with Gasteiger partial charge in [0.25, 0.3) is 0 Å². The number of rotatable bonds is 8. The predicted molar refractivity (Wildman–Crippen MR) is 104 cm³/mol. The first-order chi connectivity index (χ1) is 10.5. The van der Waals surface area contributed by atoms with E-state index >= 15 is 0 Å². The van der Waals surface area contributed by atoms with Crippen molar-refractivity contribution in [2.24, 2.45) is 16.6 Å². The van der Waals surface area contributed by atoms with E-state index in [2.05, 4.69) is 24.2 Å². The summed E-state index contributed by atoms with van der Waals surface area (Å²) in [6.45, 7) is 5.56. The molecular weight excluding hydrogens is 409 g/mol. The number of hydrogen-bond acceptors (Lipinski definition) is 4. The zero-order valence-corrected chi connectivity index (χ0v) is 16.8. The summed E-state index contributed by atoms with van der Waals surface area (Å²) in [5.74, 6) is 3.01. The minimum Gasteiger partial charge on any atom is -0.496 e. The van der Waals surface area contributed by atoms with E-state index in [1.807, 2.05) is 6.07 Å². The molecule has 0 saturated heterocycles. The van der Waals surface area contributed by atoms with Gasteiger partial charge in [0, 0.05) is 18.2 Å². The second-order valence-corrected chi connectivity index (χ2v) is 5.33. The molecule has 3 N–H and O–H groups in total. The normalized spacial score (nSPS) is 11.0. The van der Waals surface area contributed by atoms with Crippen molar-refractivity contribution >= 4 is 29.9 Å². The van der Waals surface area contributed by atoms with Gasteiger partial charge in [0.05, 0.1) is 27.9 Å². The lowest BCUT2D eigenvalue weighted by molar-refractivity contribution is 0.347. The van der Waals surface area contributed by atoms with E-state index in [0.717, 1.165) is 18.5 Å². The number of nitrogens with one attached hydrogen (secondary N) is 1. The average Bonchev–Trinajstić information content (AvgIpc) is 2.51. The Kier molecular flexibility index (Phi) is 10.5. The topological polar surface area (TPSA) is 78.1 Å². The van der Waals surface area contributed by atoms with Crippen LogP contribution in [0.2, 0.25) is 0 Å². The third-order valence-corrected chi connectivity index (χ3v) is 3.23. The second kappa shape index (κ2) is 11.2. The first-order valence-electron chi connectivity index (χ1n) is 7.34. The Morgan fingerprint density at radius 3 is 2.17 bits per heavy atom. The van der Waals surface area contributed by atoms with Gasteiger partial charge in [-0.25, -0.2) is 4.99 Å². The van der Waals surface area contributed by atoms with Crippen LogP contribution in [0.25, 0.3) is 0 Å². The molecule has 0 aromatic heterocycles. The van der Waals surface area contributed by atoms with Crippen LogP contribution in [0.15, 0.2) is 17.1 Å². The summed E-state index contributed by atoms with van der Waals surface area (Å²) in [5, 5.41) is 3.10. The number of ether oxygens (including phenoxy) is 3. The fourth-order valence-electron chi connectivity index (χ4n) is 1.93. The fraction of sp³-hybridized carbons (Fsp3) is 0.562. The number of nitrogens with two attached hydrogens (primary N) is 1. The standard InChI is InChI=1S/C16H27N3O3.HI/c1-11(2)6-7-18-16(17)19-10-12-8-14(21-4)15(22-5)9-13(12)20-3;/h8-9,11H,6-7,10H2,1-5H3,(H3,17,18,19);1H. The molecule has 0 unspecified atom stereocenters. The van der Waals surface area contributed by atoms with Crippen molar-refractivity contribution in [1.82, 2.24) is 5.32 Å². The van der Waals surface area contributed by atoms with Crippen LogP contribution in [0.4, 0.5) is 0 Å². The lowest BCUT2D eigenvalue weighted by atomic mass is 10.1. The van der Waals surface area contributed by atoms with Crippen molar-refractivity contribution in [3.05, 3.63) is 17.7 Å². The van der Waals surface area contributed by atoms with Crippen LogP contribution in [-0.2, 0) is 6.54 Å². The number of methoxy groups -OCH3 is 3. The number of benzene rings is 1. The van der Waals surface area contributed by atoms with Crippen LogP contribution < -0.4 is 25.3 Å². The van der Waals surface area contributed by atoms with E-state index in [1.54, 1.807) is 27.4 Å². The highest BCUT2D eigenvalue weighted by Crippen LogP contribution is 2.34. The predicted octanol–water partition coefficient (Wildman–Crippen LogP) is 2.78. The zero-order chi connectivity index (χ0) is 16.5. The highest BCUT2D eigenvalue weighted by Gasteiger charge is 2.11. The van der Waals surface area contributed by atoms with E-state index in [4.69, 9.17) is 19.9 Å². The Balaban J connectivity index is 0.00000484. The smallest absolute Gasteiger partial charge is 0.188 e. The average molecular weight is 437 g/mol. The summed E-state index contributed by atoms with van der Waals surface area (Å²) in [4.78, 5) is 4.34. The second-order valence-electron chi connectivity index (χ2n) is 5.33. The summed E-state index contributed by atoms with van der Waals surface area (Å²) in [6, 6.07) is 3.63. The highest BCUT2D eigenvalue weighted by molar-refractivity contribution is 14.0. The maximum Gasteiger partial charge on any atom is 0.188 e. The molecule has 0 atom stereocenters. The van der Waals surface area contributed by atoms with Crippen molar-refractivity contribution in [3.8, 4) is 17.2 Å². The molecule has 23 heavy (non-hydrogen) atoms. The van der Waals surface area contributed by atoms with Crippen molar-refractivity contribution in [2.75, 3.05) is 27.9 Å². The van der Waals surface area contributed by atoms with Gasteiger partial charge >= 0.3 is 0 Å². The molecule has 0 aliphatic rings. The molecule has 0 fully saturated rings. The Labute approximate surface area is 155 Å². The number of nitrogens with zero attached hydrogens (tertiary/aromatic N) is 1. The van der Waals surface area contributed by atoms with Crippen molar-refractivity contribution in [2.45, 2.75) is 26.8 Å². The first-order valence-corrected chi connectivity index (χ1v) is 7.34. The van der Waals surface area contributed by atoms with Gasteiger partial charge in [-0.05, 0) is 18.4 Å². The van der Waals surface area contributed by atoms with E-state index in [9.17, 15) is 0 Å². The molecular formula is C16H28IN3O3. The minimum atomic E-state index is 0. The maximum absolute atomic E-state index is 5.87. The number of aliphatic imine (C=N–C) groups is 1. The van der Waals surface area contributed by atoms with Gasteiger partial charge in [-0.1, -0.05) is 13.8 Å². The fourth-order valence-corrected chi connectivity index (χ4v) is 1.93. The molecule has 0 spiro atoms. The van der Waals surface area contributed by atoms with Crippen LogP contribution in [0, 0.1) is 5.92 Å². The van der Waals surface area contributed by atoms with E-state index in [-0.39, 0.29) is 24.0 Å². The van der Waals surface area contributed by atoms with Gasteiger partial charge in [0.1, 0.15) is 5.75 Å². The molecule has 0 aliphatic heterocycles. The first kappa shape index (κ1) is 21.6. The lowest BCUT2D eigenvalue weighted by Gasteiger charge is -2.13. The maximum atomic E-state index is 5.87. The van der Waals surface area contributed by atoms with Crippen molar-refractivity contribution in [1.29, 1.82) is 0 Å². The zero-order valence-electron chi connectivity index (χ0n) is 14.5. The summed E-state index contributed by atoms with van der Waals surface area (Å²) in [5.41, 5.74) is 6.75. The molecule has 0 radical (unpaired) electrons.